The van der Waals surface area contributed by atoms with Gasteiger partial charge in [0.05, 0.1) is 37.1 Å². The van der Waals surface area contributed by atoms with Crippen LogP contribution in [0.4, 0.5) is 0 Å². The van der Waals surface area contributed by atoms with Gasteiger partial charge in [0.25, 0.3) is 0 Å². The van der Waals surface area contributed by atoms with E-state index in [0.717, 1.165) is 11.3 Å². The number of hydrogen-bond donors (Lipinski definition) is 0. The molecule has 0 aromatic heterocycles. The van der Waals surface area contributed by atoms with Crippen molar-refractivity contribution in [3.63, 3.8) is 0 Å². The summed E-state index contributed by atoms with van der Waals surface area (Å²) in [6.07, 6.45) is 1.49. The van der Waals surface area contributed by atoms with Gasteiger partial charge in [-0.1, -0.05) is 26.0 Å². The van der Waals surface area contributed by atoms with Gasteiger partial charge in [0.15, 0.2) is 5.79 Å². The predicted molar refractivity (Wildman–Crippen MR) is 118 cm³/mol. The average molecular weight is 427 g/mol. The molecule has 0 saturated carbocycles. The monoisotopic (exact) mass is 426 g/mol. The van der Waals surface area contributed by atoms with Crippen molar-refractivity contribution in [2.45, 2.75) is 63.3 Å². The summed E-state index contributed by atoms with van der Waals surface area (Å²) in [6, 6.07) is 8.13. The Labute approximate surface area is 178 Å². The Morgan fingerprint density at radius 2 is 1.79 bits per heavy atom. The van der Waals surface area contributed by atoms with Crippen LogP contribution in [0.3, 0.4) is 0 Å². The van der Waals surface area contributed by atoms with Gasteiger partial charge in [0, 0.05) is 11.8 Å². The molecule has 28 heavy (non-hydrogen) atoms. The molecule has 0 unspecified atom stereocenters. The molecule has 2 aliphatic heterocycles. The number of rotatable bonds is 8. The van der Waals surface area contributed by atoms with Crippen LogP contribution in [0.1, 0.15) is 39.7 Å². The minimum atomic E-state index is -0.503. The minimum Gasteiger partial charge on any atom is -0.497 e. The van der Waals surface area contributed by atoms with Gasteiger partial charge in [-0.2, -0.15) is 0 Å². The fourth-order valence-electron chi connectivity index (χ4n) is 3.85. The third-order valence-corrected chi connectivity index (χ3v) is 8.92. The third kappa shape index (κ3) is 5.82. The van der Waals surface area contributed by atoms with E-state index in [0.29, 0.717) is 23.7 Å². The summed E-state index contributed by atoms with van der Waals surface area (Å²) in [5.41, 5.74) is 1.16. The van der Waals surface area contributed by atoms with E-state index in [-0.39, 0.29) is 18.1 Å². The molecule has 1 aromatic carbocycles. The van der Waals surface area contributed by atoms with Crippen molar-refractivity contribution >= 4 is 23.5 Å². The molecule has 0 aliphatic carbocycles. The van der Waals surface area contributed by atoms with Gasteiger partial charge in [0.1, 0.15) is 5.75 Å². The molecule has 3 rings (SSSR count). The Bertz CT molecular complexity index is 601. The number of thioether (sulfide) groups is 2. The van der Waals surface area contributed by atoms with Crippen molar-refractivity contribution < 1.29 is 18.9 Å². The zero-order chi connectivity index (χ0) is 20.1. The van der Waals surface area contributed by atoms with Crippen molar-refractivity contribution in [3.8, 4) is 5.75 Å². The first kappa shape index (κ1) is 22.3. The first-order valence-corrected chi connectivity index (χ1v) is 12.3. The molecule has 0 bridgehead atoms. The van der Waals surface area contributed by atoms with Crippen LogP contribution in [0.2, 0.25) is 0 Å². The highest BCUT2D eigenvalue weighted by Gasteiger charge is 2.42. The minimum absolute atomic E-state index is 0.0666. The Morgan fingerprint density at radius 3 is 2.36 bits per heavy atom. The summed E-state index contributed by atoms with van der Waals surface area (Å²) < 4.78 is 24.4. The summed E-state index contributed by atoms with van der Waals surface area (Å²) in [4.78, 5) is 0. The third-order valence-electron chi connectivity index (χ3n) is 5.54. The summed E-state index contributed by atoms with van der Waals surface area (Å²) in [7, 11) is 1.69. The lowest BCUT2D eigenvalue weighted by Gasteiger charge is -2.37. The van der Waals surface area contributed by atoms with Crippen molar-refractivity contribution in [1.29, 1.82) is 0 Å². The molecule has 2 fully saturated rings. The highest BCUT2D eigenvalue weighted by molar-refractivity contribution is 8.17. The fraction of sp³-hybridized carbons (Fsp3) is 0.727. The van der Waals surface area contributed by atoms with Gasteiger partial charge in [-0.15, -0.1) is 23.5 Å². The Morgan fingerprint density at radius 1 is 1.11 bits per heavy atom. The van der Waals surface area contributed by atoms with E-state index < -0.39 is 5.79 Å². The molecule has 0 radical (unpaired) electrons. The van der Waals surface area contributed by atoms with E-state index in [1.54, 1.807) is 7.11 Å². The van der Waals surface area contributed by atoms with Crippen molar-refractivity contribution in [2.75, 3.05) is 25.2 Å². The Hall–Kier alpha value is -0.400. The van der Waals surface area contributed by atoms with Crippen LogP contribution in [-0.4, -0.2) is 47.8 Å². The summed E-state index contributed by atoms with van der Waals surface area (Å²) in [5, 5.41) is 0. The zero-order valence-electron chi connectivity index (χ0n) is 17.7. The van der Waals surface area contributed by atoms with Gasteiger partial charge in [-0.05, 0) is 49.5 Å². The first-order valence-electron chi connectivity index (χ1n) is 10.2. The van der Waals surface area contributed by atoms with E-state index in [2.05, 4.69) is 49.5 Å². The van der Waals surface area contributed by atoms with Crippen LogP contribution in [0.15, 0.2) is 24.3 Å². The predicted octanol–water partition coefficient (Wildman–Crippen LogP) is 5.20. The maximum absolute atomic E-state index is 6.56. The molecule has 4 atom stereocenters. The molecular formula is C22H34O4S2. The van der Waals surface area contributed by atoms with Gasteiger partial charge < -0.3 is 18.9 Å². The van der Waals surface area contributed by atoms with E-state index in [9.17, 15) is 0 Å². The molecule has 0 N–H and O–H groups in total. The van der Waals surface area contributed by atoms with Crippen molar-refractivity contribution in [1.82, 2.24) is 0 Å². The molecule has 0 amide bonds. The quantitative estimate of drug-likeness (QED) is 0.569. The standard InChI is InChI=1S/C22H34O4S2/c1-15(19-14-25-22(3,4)26-19)20(16(2)21-27-11-6-12-28-21)24-13-17-7-9-18(23-5)10-8-17/h7-10,15-16,19-21H,6,11-14H2,1-5H3/t15-,16+,19+,20-/m0/s1. The number of methoxy groups -OCH3 is 1. The molecule has 158 valence electrons. The van der Waals surface area contributed by atoms with Crippen molar-refractivity contribution in [2.24, 2.45) is 11.8 Å². The lowest BCUT2D eigenvalue weighted by Crippen LogP contribution is -2.41. The largest absolute Gasteiger partial charge is 0.497 e. The summed E-state index contributed by atoms with van der Waals surface area (Å²) in [6.45, 7) is 9.80. The molecule has 2 heterocycles. The van der Waals surface area contributed by atoms with E-state index in [1.807, 2.05) is 26.0 Å². The van der Waals surface area contributed by atoms with Gasteiger partial charge in [-0.3, -0.25) is 0 Å². The fourth-order valence-corrected chi connectivity index (χ4v) is 7.00. The van der Waals surface area contributed by atoms with E-state index in [1.165, 1.54) is 17.9 Å². The molecular weight excluding hydrogens is 392 g/mol. The Balaban J connectivity index is 1.69. The maximum Gasteiger partial charge on any atom is 0.163 e. The van der Waals surface area contributed by atoms with E-state index >= 15 is 0 Å². The molecule has 4 nitrogen and oxygen atoms in total. The lowest BCUT2D eigenvalue weighted by atomic mass is 9.90. The Kier molecular flexibility index (Phi) is 8.02. The highest BCUT2D eigenvalue weighted by atomic mass is 32.2. The van der Waals surface area contributed by atoms with Crippen LogP contribution in [0.25, 0.3) is 0 Å². The number of ether oxygens (including phenoxy) is 4. The summed E-state index contributed by atoms with van der Waals surface area (Å²) >= 11 is 4.16. The van der Waals surface area contributed by atoms with Crippen LogP contribution in [0.5, 0.6) is 5.75 Å². The van der Waals surface area contributed by atoms with Crippen LogP contribution < -0.4 is 4.74 Å². The topological polar surface area (TPSA) is 36.9 Å². The molecule has 1 aromatic rings. The zero-order valence-corrected chi connectivity index (χ0v) is 19.3. The van der Waals surface area contributed by atoms with Crippen LogP contribution in [-0.2, 0) is 20.8 Å². The first-order chi connectivity index (χ1) is 13.4. The molecule has 0 spiro atoms. The molecule has 2 saturated heterocycles. The summed E-state index contributed by atoms with van der Waals surface area (Å²) in [5.74, 6) is 3.57. The van der Waals surface area contributed by atoms with Gasteiger partial charge >= 0.3 is 0 Å². The maximum atomic E-state index is 6.56. The van der Waals surface area contributed by atoms with Crippen molar-refractivity contribution in [3.05, 3.63) is 29.8 Å². The van der Waals surface area contributed by atoms with Gasteiger partial charge in [0.2, 0.25) is 0 Å². The average Bonchev–Trinajstić information content (AvgIpc) is 3.08. The highest BCUT2D eigenvalue weighted by Crippen LogP contribution is 2.41. The second-order valence-electron chi connectivity index (χ2n) is 8.17. The van der Waals surface area contributed by atoms with Crippen LogP contribution in [0, 0.1) is 11.8 Å². The second-order valence-corrected chi connectivity index (χ2v) is 11.0. The van der Waals surface area contributed by atoms with Gasteiger partial charge in [-0.25, -0.2) is 0 Å². The molecule has 6 heteroatoms. The normalized spacial score (nSPS) is 26.0. The number of hydrogen-bond acceptors (Lipinski definition) is 6. The smallest absolute Gasteiger partial charge is 0.163 e. The SMILES string of the molecule is COc1ccc(CO[C@@H]([C@@H](C)[C@H]2COC(C)(C)O2)[C@@H](C)C2SCCCS2)cc1. The number of benzene rings is 1. The van der Waals surface area contributed by atoms with E-state index in [4.69, 9.17) is 18.9 Å². The molecule has 2 aliphatic rings. The van der Waals surface area contributed by atoms with Crippen LogP contribution >= 0.6 is 23.5 Å². The second kappa shape index (κ2) is 10.1. The lowest BCUT2D eigenvalue weighted by molar-refractivity contribution is -0.154.